The van der Waals surface area contributed by atoms with Gasteiger partial charge in [-0.15, -0.1) is 0 Å². The van der Waals surface area contributed by atoms with Crippen molar-refractivity contribution in [3.8, 4) is 11.1 Å². The van der Waals surface area contributed by atoms with Crippen LogP contribution in [0.5, 0.6) is 0 Å². The van der Waals surface area contributed by atoms with Crippen molar-refractivity contribution in [2.75, 3.05) is 19.0 Å². The lowest BCUT2D eigenvalue weighted by molar-refractivity contribution is 0.0695. The molecule has 0 amide bonds. The summed E-state index contributed by atoms with van der Waals surface area (Å²) in [5, 5.41) is 9.17. The van der Waals surface area contributed by atoms with Gasteiger partial charge in [-0.25, -0.2) is 14.2 Å². The highest BCUT2D eigenvalue weighted by Crippen LogP contribution is 2.23. The van der Waals surface area contributed by atoms with Gasteiger partial charge in [0.25, 0.3) is 0 Å². The summed E-state index contributed by atoms with van der Waals surface area (Å²) in [7, 11) is 3.87. The Labute approximate surface area is 177 Å². The third kappa shape index (κ3) is 4.02. The summed E-state index contributed by atoms with van der Waals surface area (Å²) in [6, 6.07) is 14.7. The molecule has 0 aliphatic carbocycles. The third-order valence-electron chi connectivity index (χ3n) is 5.13. The summed E-state index contributed by atoms with van der Waals surface area (Å²) in [4.78, 5) is 32.5. The predicted molar refractivity (Wildman–Crippen MR) is 118 cm³/mol. The molecular formula is C24H20FN3O3. The summed E-state index contributed by atoms with van der Waals surface area (Å²) < 4.78 is 14.5. The van der Waals surface area contributed by atoms with E-state index in [4.69, 9.17) is 5.11 Å². The SMILES string of the molecule is CN(C)c1ccc(-c2ccc(Cc3cc(F)c4[nH]cc(C(=O)O)c(=O)c4c3)cc2)cn1. The zero-order valence-corrected chi connectivity index (χ0v) is 17.0. The number of carboxylic acids is 1. The highest BCUT2D eigenvalue weighted by Gasteiger charge is 2.15. The summed E-state index contributed by atoms with van der Waals surface area (Å²) in [6.45, 7) is 0. The number of rotatable bonds is 5. The Kier molecular flexibility index (Phi) is 5.25. The van der Waals surface area contributed by atoms with Crippen LogP contribution < -0.4 is 10.3 Å². The molecule has 0 radical (unpaired) electrons. The van der Waals surface area contributed by atoms with Gasteiger partial charge >= 0.3 is 5.97 Å². The van der Waals surface area contributed by atoms with Gasteiger partial charge in [-0.3, -0.25) is 4.79 Å². The van der Waals surface area contributed by atoms with E-state index < -0.39 is 22.8 Å². The van der Waals surface area contributed by atoms with Gasteiger partial charge in [0, 0.05) is 37.4 Å². The number of aromatic carboxylic acids is 1. The van der Waals surface area contributed by atoms with E-state index in [2.05, 4.69) is 9.97 Å². The van der Waals surface area contributed by atoms with Crippen LogP contribution in [-0.2, 0) is 6.42 Å². The van der Waals surface area contributed by atoms with E-state index in [1.54, 1.807) is 6.07 Å². The van der Waals surface area contributed by atoms with Crippen LogP contribution in [0, 0.1) is 5.82 Å². The lowest BCUT2D eigenvalue weighted by atomic mass is 9.99. The number of pyridine rings is 2. The minimum atomic E-state index is -1.35. The zero-order valence-electron chi connectivity index (χ0n) is 17.0. The minimum absolute atomic E-state index is 0.00256. The molecule has 6 nitrogen and oxygen atoms in total. The van der Waals surface area contributed by atoms with E-state index in [-0.39, 0.29) is 10.9 Å². The van der Waals surface area contributed by atoms with Gasteiger partial charge in [-0.05, 0) is 47.4 Å². The fourth-order valence-corrected chi connectivity index (χ4v) is 3.48. The van der Waals surface area contributed by atoms with Crippen molar-refractivity contribution in [2.24, 2.45) is 0 Å². The molecule has 0 spiro atoms. The number of hydrogen-bond donors (Lipinski definition) is 2. The molecule has 0 aliphatic rings. The normalized spacial score (nSPS) is 10.9. The smallest absolute Gasteiger partial charge is 0.341 e. The summed E-state index contributed by atoms with van der Waals surface area (Å²) >= 11 is 0. The Hall–Kier alpha value is -4.00. The number of nitrogens with zero attached hydrogens (tertiary/aromatic N) is 2. The Bertz CT molecular complexity index is 1330. The van der Waals surface area contributed by atoms with E-state index in [1.807, 2.05) is 61.6 Å². The number of hydrogen-bond acceptors (Lipinski definition) is 4. The van der Waals surface area contributed by atoms with Crippen molar-refractivity contribution < 1.29 is 14.3 Å². The van der Waals surface area contributed by atoms with Crippen LogP contribution in [0.1, 0.15) is 21.5 Å². The number of H-pyrrole nitrogens is 1. The molecule has 0 atom stereocenters. The van der Waals surface area contributed by atoms with Crippen molar-refractivity contribution in [2.45, 2.75) is 6.42 Å². The van der Waals surface area contributed by atoms with Gasteiger partial charge in [-0.2, -0.15) is 0 Å². The van der Waals surface area contributed by atoms with Crippen LogP contribution in [0.25, 0.3) is 22.0 Å². The summed E-state index contributed by atoms with van der Waals surface area (Å²) in [6.07, 6.45) is 3.24. The average Bonchev–Trinajstić information content (AvgIpc) is 2.75. The molecule has 0 bridgehead atoms. The van der Waals surface area contributed by atoms with E-state index in [1.165, 1.54) is 6.07 Å². The summed E-state index contributed by atoms with van der Waals surface area (Å²) in [5.41, 5.74) is 2.40. The molecule has 0 saturated carbocycles. The molecular weight excluding hydrogens is 397 g/mol. The van der Waals surface area contributed by atoms with Crippen LogP contribution in [0.4, 0.5) is 10.2 Å². The van der Waals surface area contributed by atoms with E-state index in [0.717, 1.165) is 28.7 Å². The topological polar surface area (TPSA) is 86.3 Å². The van der Waals surface area contributed by atoms with Crippen LogP contribution in [0.3, 0.4) is 0 Å². The van der Waals surface area contributed by atoms with Gasteiger partial charge in [-0.1, -0.05) is 24.3 Å². The Morgan fingerprint density at radius 2 is 1.77 bits per heavy atom. The maximum atomic E-state index is 14.5. The van der Waals surface area contributed by atoms with E-state index in [9.17, 15) is 14.0 Å². The first-order valence-corrected chi connectivity index (χ1v) is 9.63. The molecule has 2 aromatic heterocycles. The maximum absolute atomic E-state index is 14.5. The fourth-order valence-electron chi connectivity index (χ4n) is 3.48. The summed E-state index contributed by atoms with van der Waals surface area (Å²) in [5.74, 6) is -1.07. The molecule has 0 unspecified atom stereocenters. The number of aromatic amines is 1. The molecule has 2 N–H and O–H groups in total. The second-order valence-corrected chi connectivity index (χ2v) is 7.51. The maximum Gasteiger partial charge on any atom is 0.341 e. The van der Waals surface area contributed by atoms with Crippen molar-refractivity contribution >= 4 is 22.7 Å². The highest BCUT2D eigenvalue weighted by molar-refractivity contribution is 5.92. The van der Waals surface area contributed by atoms with Gasteiger partial charge in [0.15, 0.2) is 0 Å². The molecule has 2 heterocycles. The number of nitrogens with one attached hydrogen (secondary N) is 1. The van der Waals surface area contributed by atoms with Gasteiger partial charge in [0.05, 0.1) is 5.52 Å². The molecule has 7 heteroatoms. The molecule has 2 aromatic carbocycles. The highest BCUT2D eigenvalue weighted by atomic mass is 19.1. The number of fused-ring (bicyclic) bond motifs is 1. The fraction of sp³-hybridized carbons (Fsp3) is 0.125. The lowest BCUT2D eigenvalue weighted by Crippen LogP contribution is -2.16. The first-order valence-electron chi connectivity index (χ1n) is 9.63. The number of aromatic nitrogens is 2. The number of anilines is 1. The quantitative estimate of drug-likeness (QED) is 0.511. The van der Waals surface area contributed by atoms with Crippen molar-refractivity contribution in [3.05, 3.63) is 93.7 Å². The van der Waals surface area contributed by atoms with Gasteiger partial charge in [0.1, 0.15) is 17.2 Å². The molecule has 0 aliphatic heterocycles. The Balaban J connectivity index is 1.62. The molecule has 4 aromatic rings. The first-order chi connectivity index (χ1) is 14.8. The Morgan fingerprint density at radius 1 is 1.06 bits per heavy atom. The molecule has 0 fully saturated rings. The molecule has 4 rings (SSSR count). The average molecular weight is 417 g/mol. The number of halogens is 1. The number of carboxylic acid groups (broad SMARTS) is 1. The van der Waals surface area contributed by atoms with Crippen molar-refractivity contribution in [1.29, 1.82) is 0 Å². The van der Waals surface area contributed by atoms with Crippen LogP contribution >= 0.6 is 0 Å². The van der Waals surface area contributed by atoms with Crippen molar-refractivity contribution in [1.82, 2.24) is 9.97 Å². The zero-order chi connectivity index (χ0) is 22.1. The number of carbonyl (C=O) groups is 1. The van der Waals surface area contributed by atoms with Crippen LogP contribution in [0.2, 0.25) is 0 Å². The van der Waals surface area contributed by atoms with Gasteiger partial charge < -0.3 is 15.0 Å². The van der Waals surface area contributed by atoms with E-state index >= 15 is 0 Å². The Morgan fingerprint density at radius 3 is 2.39 bits per heavy atom. The number of benzene rings is 2. The largest absolute Gasteiger partial charge is 0.477 e. The van der Waals surface area contributed by atoms with Crippen molar-refractivity contribution in [3.63, 3.8) is 0 Å². The minimum Gasteiger partial charge on any atom is -0.477 e. The van der Waals surface area contributed by atoms with Crippen LogP contribution in [0.15, 0.2) is 65.7 Å². The standard InChI is InChI=1S/C24H20FN3O3/c1-28(2)21-8-7-17(12-26-21)16-5-3-14(4-6-16)9-15-10-18-22(20(25)11-15)27-13-19(23(18)29)24(30)31/h3-8,10-13H,9H2,1-2H3,(H,27,29)(H,30,31). The second-order valence-electron chi connectivity index (χ2n) is 7.51. The second kappa shape index (κ2) is 8.02. The molecule has 156 valence electrons. The third-order valence-corrected chi connectivity index (χ3v) is 5.13. The van der Waals surface area contributed by atoms with E-state index in [0.29, 0.717) is 12.0 Å². The van der Waals surface area contributed by atoms with Gasteiger partial charge in [0.2, 0.25) is 5.43 Å². The van der Waals surface area contributed by atoms with Crippen LogP contribution in [-0.4, -0.2) is 35.1 Å². The molecule has 31 heavy (non-hydrogen) atoms. The lowest BCUT2D eigenvalue weighted by Gasteiger charge is -2.11. The first kappa shape index (κ1) is 20.3. The monoisotopic (exact) mass is 417 g/mol. The predicted octanol–water partition coefficient (Wildman–Crippen LogP) is 4.08. The molecule has 0 saturated heterocycles.